The largest absolute Gasteiger partial charge is 0.461 e. The molecule has 3 rings (SSSR count). The van der Waals surface area contributed by atoms with Gasteiger partial charge in [0.25, 0.3) is 5.56 Å². The van der Waals surface area contributed by atoms with Gasteiger partial charge < -0.3 is 14.6 Å². The Morgan fingerprint density at radius 3 is 2.69 bits per heavy atom. The molecule has 0 saturated heterocycles. The molecular weight excluding hydrogens is 337 g/mol. The van der Waals surface area contributed by atoms with Crippen LogP contribution in [0.5, 0.6) is 0 Å². The second kappa shape index (κ2) is 7.35. The third-order valence-electron chi connectivity index (χ3n) is 3.89. The van der Waals surface area contributed by atoms with E-state index in [1.165, 1.54) is 12.1 Å². The number of ether oxygens (including phenoxy) is 1. The number of aromatic nitrogens is 2. The number of fused-ring (bicyclic) bond motifs is 1. The molecule has 7 heteroatoms. The summed E-state index contributed by atoms with van der Waals surface area (Å²) < 4.78 is 18.9. The molecule has 0 aliphatic heterocycles. The lowest BCUT2D eigenvalue weighted by Crippen LogP contribution is -2.24. The second-order valence-corrected chi connectivity index (χ2v) is 5.80. The summed E-state index contributed by atoms with van der Waals surface area (Å²) in [6.45, 7) is 2.26. The molecule has 3 aromatic rings. The van der Waals surface area contributed by atoms with Crippen molar-refractivity contribution in [3.8, 4) is 0 Å². The van der Waals surface area contributed by atoms with Gasteiger partial charge in [0, 0.05) is 19.7 Å². The van der Waals surface area contributed by atoms with Crippen LogP contribution in [0.25, 0.3) is 11.0 Å². The number of aromatic amines is 1. The fourth-order valence-electron chi connectivity index (χ4n) is 2.72. The maximum Gasteiger partial charge on any atom is 0.362 e. The molecule has 26 heavy (non-hydrogen) atoms. The predicted molar refractivity (Wildman–Crippen MR) is 96.8 cm³/mol. The van der Waals surface area contributed by atoms with Gasteiger partial charge in [-0.1, -0.05) is 30.3 Å². The standard InChI is InChI=1S/C19H18FN3O3/c1-3-26-19(25)17-18(24)22-16-14(21-17)9-13(20)10-15(16)23(2)11-12-7-5-4-6-8-12/h4-10H,3,11H2,1-2H3,(H,22,24). The summed E-state index contributed by atoms with van der Waals surface area (Å²) in [6, 6.07) is 12.2. The lowest BCUT2D eigenvalue weighted by atomic mass is 10.2. The van der Waals surface area contributed by atoms with Gasteiger partial charge in [-0.3, -0.25) is 4.79 Å². The summed E-state index contributed by atoms with van der Waals surface area (Å²) in [7, 11) is 1.79. The number of carbonyl (C=O) groups excluding carboxylic acids is 1. The van der Waals surface area contributed by atoms with Gasteiger partial charge in [-0.25, -0.2) is 14.2 Å². The van der Waals surface area contributed by atoms with Crippen LogP contribution in [0.3, 0.4) is 0 Å². The first-order chi connectivity index (χ1) is 12.5. The van der Waals surface area contributed by atoms with Crippen molar-refractivity contribution in [2.24, 2.45) is 0 Å². The number of benzene rings is 2. The van der Waals surface area contributed by atoms with E-state index in [1.807, 2.05) is 35.2 Å². The van der Waals surface area contributed by atoms with E-state index in [0.29, 0.717) is 17.7 Å². The Bertz CT molecular complexity index is 1000. The number of hydrogen-bond donors (Lipinski definition) is 1. The number of esters is 1. The summed E-state index contributed by atoms with van der Waals surface area (Å²) in [5.41, 5.74) is 0.999. The lowest BCUT2D eigenvalue weighted by Gasteiger charge is -2.21. The maximum absolute atomic E-state index is 14.1. The van der Waals surface area contributed by atoms with Crippen molar-refractivity contribution in [2.75, 3.05) is 18.6 Å². The first kappa shape index (κ1) is 17.6. The fourth-order valence-corrected chi connectivity index (χ4v) is 2.72. The van der Waals surface area contributed by atoms with Crippen LogP contribution in [0.4, 0.5) is 10.1 Å². The Balaban J connectivity index is 2.07. The minimum atomic E-state index is -0.834. The van der Waals surface area contributed by atoms with E-state index in [-0.39, 0.29) is 17.8 Å². The Morgan fingerprint density at radius 1 is 1.27 bits per heavy atom. The maximum atomic E-state index is 14.1. The van der Waals surface area contributed by atoms with Crippen LogP contribution in [-0.2, 0) is 11.3 Å². The van der Waals surface area contributed by atoms with E-state index >= 15 is 0 Å². The Hall–Kier alpha value is -3.22. The van der Waals surface area contributed by atoms with Crippen LogP contribution in [0.1, 0.15) is 23.0 Å². The normalized spacial score (nSPS) is 10.7. The highest BCUT2D eigenvalue weighted by molar-refractivity contribution is 5.93. The van der Waals surface area contributed by atoms with Gasteiger partial charge in [-0.15, -0.1) is 0 Å². The number of rotatable bonds is 5. The third kappa shape index (κ3) is 3.56. The lowest BCUT2D eigenvalue weighted by molar-refractivity contribution is 0.0517. The molecule has 0 spiro atoms. The molecule has 6 nitrogen and oxygen atoms in total. The number of anilines is 1. The van der Waals surface area contributed by atoms with Crippen molar-refractivity contribution >= 4 is 22.7 Å². The summed E-state index contributed by atoms with van der Waals surface area (Å²) >= 11 is 0. The van der Waals surface area contributed by atoms with E-state index in [2.05, 4.69) is 9.97 Å². The van der Waals surface area contributed by atoms with E-state index in [9.17, 15) is 14.0 Å². The molecule has 0 fully saturated rings. The molecule has 0 saturated carbocycles. The first-order valence-electron chi connectivity index (χ1n) is 8.15. The van der Waals surface area contributed by atoms with Gasteiger partial charge in [0.1, 0.15) is 5.82 Å². The highest BCUT2D eigenvalue weighted by Gasteiger charge is 2.18. The van der Waals surface area contributed by atoms with Crippen LogP contribution in [-0.4, -0.2) is 29.6 Å². The van der Waals surface area contributed by atoms with Crippen molar-refractivity contribution in [3.05, 3.63) is 69.9 Å². The molecule has 1 heterocycles. The van der Waals surface area contributed by atoms with Gasteiger partial charge in [0.05, 0.1) is 23.3 Å². The number of H-pyrrole nitrogens is 1. The summed E-state index contributed by atoms with van der Waals surface area (Å²) in [5, 5.41) is 0. The second-order valence-electron chi connectivity index (χ2n) is 5.80. The zero-order chi connectivity index (χ0) is 18.7. The van der Waals surface area contributed by atoms with Crippen molar-refractivity contribution < 1.29 is 13.9 Å². The van der Waals surface area contributed by atoms with Gasteiger partial charge in [0.2, 0.25) is 5.69 Å². The van der Waals surface area contributed by atoms with Gasteiger partial charge in [0.15, 0.2) is 0 Å². The van der Waals surface area contributed by atoms with Crippen molar-refractivity contribution in [2.45, 2.75) is 13.5 Å². The minimum Gasteiger partial charge on any atom is -0.461 e. The SMILES string of the molecule is CCOC(=O)c1nc2cc(F)cc(N(C)Cc3ccccc3)c2[nH]c1=O. The first-order valence-corrected chi connectivity index (χ1v) is 8.15. The highest BCUT2D eigenvalue weighted by atomic mass is 19.1. The van der Waals surface area contributed by atoms with Gasteiger partial charge in [-0.05, 0) is 18.6 Å². The molecule has 0 bridgehead atoms. The van der Waals surface area contributed by atoms with E-state index in [1.54, 1.807) is 14.0 Å². The van der Waals surface area contributed by atoms with Gasteiger partial charge >= 0.3 is 5.97 Å². The molecule has 1 aromatic heterocycles. The third-order valence-corrected chi connectivity index (χ3v) is 3.89. The van der Waals surface area contributed by atoms with Crippen molar-refractivity contribution in [3.63, 3.8) is 0 Å². The average Bonchev–Trinajstić information content (AvgIpc) is 2.62. The monoisotopic (exact) mass is 355 g/mol. The van der Waals surface area contributed by atoms with Gasteiger partial charge in [-0.2, -0.15) is 0 Å². The van der Waals surface area contributed by atoms with E-state index < -0.39 is 17.3 Å². The molecule has 0 unspecified atom stereocenters. The molecule has 2 aromatic carbocycles. The topological polar surface area (TPSA) is 75.3 Å². The summed E-state index contributed by atoms with van der Waals surface area (Å²) in [6.07, 6.45) is 0. The van der Waals surface area contributed by atoms with Crippen molar-refractivity contribution in [1.82, 2.24) is 9.97 Å². The Kier molecular flexibility index (Phi) is 4.97. The van der Waals surface area contributed by atoms with Crippen molar-refractivity contribution in [1.29, 1.82) is 0 Å². The summed E-state index contributed by atoms with van der Waals surface area (Å²) in [4.78, 5) is 32.5. The smallest absolute Gasteiger partial charge is 0.362 e. The zero-order valence-corrected chi connectivity index (χ0v) is 14.5. The zero-order valence-electron chi connectivity index (χ0n) is 14.5. The van der Waals surface area contributed by atoms with Crippen LogP contribution >= 0.6 is 0 Å². The fraction of sp³-hybridized carbons (Fsp3) is 0.211. The molecule has 1 N–H and O–H groups in total. The van der Waals surface area contributed by atoms with E-state index in [4.69, 9.17) is 4.74 Å². The molecule has 0 atom stereocenters. The quantitative estimate of drug-likeness (QED) is 0.712. The Labute approximate surface area is 149 Å². The van der Waals surface area contributed by atoms with Crippen LogP contribution in [0, 0.1) is 5.82 Å². The molecule has 134 valence electrons. The highest BCUT2D eigenvalue weighted by Crippen LogP contribution is 2.25. The molecule has 0 aliphatic rings. The summed E-state index contributed by atoms with van der Waals surface area (Å²) in [5.74, 6) is -1.35. The molecule has 0 amide bonds. The minimum absolute atomic E-state index is 0.117. The number of nitrogens with zero attached hydrogens (tertiary/aromatic N) is 2. The van der Waals surface area contributed by atoms with Crippen LogP contribution < -0.4 is 10.5 Å². The molecule has 0 aliphatic carbocycles. The number of hydrogen-bond acceptors (Lipinski definition) is 5. The Morgan fingerprint density at radius 2 is 2.00 bits per heavy atom. The van der Waals surface area contributed by atoms with Crippen LogP contribution in [0.2, 0.25) is 0 Å². The average molecular weight is 355 g/mol. The molecular formula is C19H18FN3O3. The number of halogens is 1. The predicted octanol–water partition coefficient (Wildman–Crippen LogP) is 2.88. The van der Waals surface area contributed by atoms with Crippen LogP contribution in [0.15, 0.2) is 47.3 Å². The van der Waals surface area contributed by atoms with E-state index in [0.717, 1.165) is 5.56 Å². The molecule has 0 radical (unpaired) electrons. The number of nitrogens with one attached hydrogen (secondary N) is 1. The number of carbonyl (C=O) groups is 1.